The fourth-order valence-corrected chi connectivity index (χ4v) is 0.654. The highest BCUT2D eigenvalue weighted by Gasteiger charge is 1.98. The molecule has 0 fully saturated rings. The van der Waals surface area contributed by atoms with Gasteiger partial charge in [-0.2, -0.15) is 0 Å². The fourth-order valence-electron chi connectivity index (χ4n) is 0.654. The Morgan fingerprint density at radius 3 is 2.90 bits per heavy atom. The second-order valence-corrected chi connectivity index (χ2v) is 1.69. The molecule has 1 heterocycles. The molecule has 0 aromatic carbocycles. The van der Waals surface area contributed by atoms with E-state index < -0.39 is 0 Å². The molecular formula is C6H9N3O. The molecule has 0 amide bonds. The van der Waals surface area contributed by atoms with Crippen molar-refractivity contribution < 1.29 is 4.74 Å². The number of nitrogens with one attached hydrogen (secondary N) is 1. The van der Waals surface area contributed by atoms with Gasteiger partial charge in [-0.05, 0) is 0 Å². The lowest BCUT2D eigenvalue weighted by Crippen LogP contribution is -1.96. The first-order valence-corrected chi connectivity index (χ1v) is 2.90. The van der Waals surface area contributed by atoms with Crippen LogP contribution in [-0.2, 0) is 0 Å². The van der Waals surface area contributed by atoms with Crippen molar-refractivity contribution in [2.75, 3.05) is 19.5 Å². The molecule has 4 heteroatoms. The van der Waals surface area contributed by atoms with Gasteiger partial charge in [-0.25, -0.2) is 9.97 Å². The number of rotatable bonds is 2. The third-order valence-electron chi connectivity index (χ3n) is 1.14. The van der Waals surface area contributed by atoms with E-state index in [9.17, 15) is 0 Å². The highest BCUT2D eigenvalue weighted by molar-refractivity contribution is 5.46. The molecule has 0 unspecified atom stereocenters. The number of methoxy groups -OCH3 is 1. The zero-order valence-corrected chi connectivity index (χ0v) is 5.96. The predicted octanol–water partition coefficient (Wildman–Crippen LogP) is 0.527. The van der Waals surface area contributed by atoms with Crippen molar-refractivity contribution in [2.45, 2.75) is 0 Å². The third-order valence-corrected chi connectivity index (χ3v) is 1.14. The summed E-state index contributed by atoms with van der Waals surface area (Å²) in [5, 5.41) is 2.87. The summed E-state index contributed by atoms with van der Waals surface area (Å²) in [6.45, 7) is 0. The first-order valence-electron chi connectivity index (χ1n) is 2.90. The monoisotopic (exact) mass is 139 g/mol. The summed E-state index contributed by atoms with van der Waals surface area (Å²) >= 11 is 0. The number of hydrogen-bond donors (Lipinski definition) is 1. The molecule has 1 N–H and O–H groups in total. The van der Waals surface area contributed by atoms with E-state index in [0.717, 1.165) is 0 Å². The summed E-state index contributed by atoms with van der Waals surface area (Å²) in [5.41, 5.74) is 0. The molecule has 4 nitrogen and oxygen atoms in total. The maximum absolute atomic E-state index is 4.95. The van der Waals surface area contributed by atoms with Crippen LogP contribution in [0.1, 0.15) is 0 Å². The molecule has 0 aliphatic heterocycles. The Bertz CT molecular complexity index is 191. The van der Waals surface area contributed by atoms with E-state index in [1.54, 1.807) is 20.4 Å². The zero-order chi connectivity index (χ0) is 7.40. The Kier molecular flexibility index (Phi) is 2.04. The summed E-state index contributed by atoms with van der Waals surface area (Å²) in [6, 6.07) is 0. The number of ether oxygens (including phenoxy) is 1. The van der Waals surface area contributed by atoms with Crippen LogP contribution in [0.5, 0.6) is 5.75 Å². The third kappa shape index (κ3) is 1.15. The lowest BCUT2D eigenvalue weighted by Gasteiger charge is -2.03. The smallest absolute Gasteiger partial charge is 0.179 e. The number of nitrogens with zero attached hydrogens (tertiary/aromatic N) is 2. The van der Waals surface area contributed by atoms with Gasteiger partial charge in [0.2, 0.25) is 0 Å². The first kappa shape index (κ1) is 6.80. The van der Waals surface area contributed by atoms with Gasteiger partial charge in [0.05, 0.1) is 13.3 Å². The van der Waals surface area contributed by atoms with E-state index in [2.05, 4.69) is 15.3 Å². The molecule has 1 aromatic heterocycles. The van der Waals surface area contributed by atoms with Crippen molar-refractivity contribution in [1.82, 2.24) is 9.97 Å². The molecule has 0 radical (unpaired) electrons. The van der Waals surface area contributed by atoms with Gasteiger partial charge >= 0.3 is 0 Å². The van der Waals surface area contributed by atoms with E-state index in [0.29, 0.717) is 11.6 Å². The minimum absolute atomic E-state index is 0.657. The molecule has 1 rings (SSSR count). The van der Waals surface area contributed by atoms with Gasteiger partial charge in [-0.1, -0.05) is 0 Å². The number of anilines is 1. The Labute approximate surface area is 59.3 Å². The van der Waals surface area contributed by atoms with Crippen LogP contribution < -0.4 is 10.1 Å². The van der Waals surface area contributed by atoms with Crippen LogP contribution in [0.25, 0.3) is 0 Å². The normalized spacial score (nSPS) is 9.00. The van der Waals surface area contributed by atoms with Gasteiger partial charge in [0.25, 0.3) is 0 Å². The molecule has 0 saturated heterocycles. The molecule has 54 valence electrons. The standard InChI is InChI=1S/C6H9N3O/c1-7-6-5(10-2)3-8-4-9-6/h3-4H,1-2H3,(H,7,8,9). The van der Waals surface area contributed by atoms with E-state index in [1.165, 1.54) is 6.33 Å². The number of hydrogen-bond acceptors (Lipinski definition) is 4. The van der Waals surface area contributed by atoms with Crippen molar-refractivity contribution in [3.8, 4) is 5.75 Å². The Morgan fingerprint density at radius 1 is 1.60 bits per heavy atom. The Morgan fingerprint density at radius 2 is 2.40 bits per heavy atom. The average molecular weight is 139 g/mol. The second-order valence-electron chi connectivity index (χ2n) is 1.69. The highest BCUT2D eigenvalue weighted by Crippen LogP contribution is 2.16. The van der Waals surface area contributed by atoms with Crippen molar-refractivity contribution in [1.29, 1.82) is 0 Å². The van der Waals surface area contributed by atoms with Gasteiger partial charge < -0.3 is 10.1 Å². The molecular weight excluding hydrogens is 130 g/mol. The summed E-state index contributed by atoms with van der Waals surface area (Å²) in [5.74, 6) is 1.36. The summed E-state index contributed by atoms with van der Waals surface area (Å²) in [4.78, 5) is 7.71. The molecule has 0 saturated carbocycles. The van der Waals surface area contributed by atoms with Crippen LogP contribution in [0, 0.1) is 0 Å². The highest BCUT2D eigenvalue weighted by atomic mass is 16.5. The summed E-state index contributed by atoms with van der Waals surface area (Å²) in [7, 11) is 3.37. The van der Waals surface area contributed by atoms with E-state index in [-0.39, 0.29) is 0 Å². The summed E-state index contributed by atoms with van der Waals surface area (Å²) in [6.07, 6.45) is 3.08. The topological polar surface area (TPSA) is 47.0 Å². The zero-order valence-electron chi connectivity index (χ0n) is 5.96. The minimum atomic E-state index is 0.657. The lowest BCUT2D eigenvalue weighted by atomic mass is 10.5. The van der Waals surface area contributed by atoms with Crippen molar-refractivity contribution in [3.63, 3.8) is 0 Å². The second kappa shape index (κ2) is 3.00. The predicted molar refractivity (Wildman–Crippen MR) is 38.1 cm³/mol. The fraction of sp³-hybridized carbons (Fsp3) is 0.333. The van der Waals surface area contributed by atoms with E-state index in [1.807, 2.05) is 0 Å². The average Bonchev–Trinajstić information content (AvgIpc) is 2.04. The van der Waals surface area contributed by atoms with Gasteiger partial charge in [0, 0.05) is 7.05 Å². The largest absolute Gasteiger partial charge is 0.491 e. The minimum Gasteiger partial charge on any atom is -0.491 e. The van der Waals surface area contributed by atoms with Crippen LogP contribution in [0.15, 0.2) is 12.5 Å². The maximum Gasteiger partial charge on any atom is 0.179 e. The Balaban J connectivity index is 2.96. The van der Waals surface area contributed by atoms with Gasteiger partial charge in [-0.15, -0.1) is 0 Å². The SMILES string of the molecule is CNc1ncncc1OC. The molecule has 10 heavy (non-hydrogen) atoms. The van der Waals surface area contributed by atoms with Crippen molar-refractivity contribution >= 4 is 5.82 Å². The van der Waals surface area contributed by atoms with Gasteiger partial charge in [-0.3, -0.25) is 0 Å². The van der Waals surface area contributed by atoms with Crippen LogP contribution in [0.4, 0.5) is 5.82 Å². The molecule has 0 aliphatic carbocycles. The summed E-state index contributed by atoms with van der Waals surface area (Å²) < 4.78 is 4.95. The molecule has 0 aliphatic rings. The van der Waals surface area contributed by atoms with Gasteiger partial charge in [0.1, 0.15) is 6.33 Å². The number of aromatic nitrogens is 2. The van der Waals surface area contributed by atoms with Crippen LogP contribution in [0.2, 0.25) is 0 Å². The van der Waals surface area contributed by atoms with Crippen molar-refractivity contribution in [3.05, 3.63) is 12.5 Å². The Hall–Kier alpha value is -1.32. The van der Waals surface area contributed by atoms with Crippen molar-refractivity contribution in [2.24, 2.45) is 0 Å². The molecule has 0 atom stereocenters. The molecule has 0 spiro atoms. The van der Waals surface area contributed by atoms with E-state index >= 15 is 0 Å². The molecule has 0 bridgehead atoms. The molecule has 1 aromatic rings. The van der Waals surface area contributed by atoms with Gasteiger partial charge in [0.15, 0.2) is 11.6 Å². The lowest BCUT2D eigenvalue weighted by molar-refractivity contribution is 0.413. The van der Waals surface area contributed by atoms with Crippen LogP contribution in [-0.4, -0.2) is 24.1 Å². The quantitative estimate of drug-likeness (QED) is 0.649. The van der Waals surface area contributed by atoms with Crippen LogP contribution >= 0.6 is 0 Å². The van der Waals surface area contributed by atoms with Crippen LogP contribution in [0.3, 0.4) is 0 Å². The maximum atomic E-state index is 4.95. The van der Waals surface area contributed by atoms with E-state index in [4.69, 9.17) is 4.74 Å². The first-order chi connectivity index (χ1) is 4.88.